The van der Waals surface area contributed by atoms with Crippen LogP contribution in [-0.4, -0.2) is 22.6 Å². The second-order valence-corrected chi connectivity index (χ2v) is 5.89. The maximum absolute atomic E-state index is 12.3. The van der Waals surface area contributed by atoms with E-state index >= 15 is 0 Å². The van der Waals surface area contributed by atoms with Crippen LogP contribution in [-0.2, 0) is 4.79 Å². The van der Waals surface area contributed by atoms with Gasteiger partial charge in [0.1, 0.15) is 0 Å². The lowest BCUT2D eigenvalue weighted by Gasteiger charge is -2.15. The van der Waals surface area contributed by atoms with Crippen LogP contribution in [0.2, 0.25) is 0 Å². The summed E-state index contributed by atoms with van der Waals surface area (Å²) in [6.45, 7) is 0.528. The van der Waals surface area contributed by atoms with Crippen LogP contribution in [0.4, 0.5) is 5.69 Å². The molecule has 0 bridgehead atoms. The average Bonchev–Trinajstić information content (AvgIpc) is 3.29. The van der Waals surface area contributed by atoms with E-state index in [0.29, 0.717) is 35.8 Å². The maximum Gasteiger partial charge on any atom is 0.257 e. The van der Waals surface area contributed by atoms with Gasteiger partial charge in [-0.3, -0.25) is 4.79 Å². The number of rotatable bonds is 3. The van der Waals surface area contributed by atoms with Crippen molar-refractivity contribution in [2.45, 2.75) is 12.3 Å². The van der Waals surface area contributed by atoms with Crippen LogP contribution in [0.25, 0.3) is 11.5 Å². The van der Waals surface area contributed by atoms with Crippen molar-refractivity contribution in [2.75, 3.05) is 11.4 Å². The van der Waals surface area contributed by atoms with Crippen LogP contribution in [0.15, 0.2) is 59.1 Å². The summed E-state index contributed by atoms with van der Waals surface area (Å²) < 4.78 is 5.34. The van der Waals surface area contributed by atoms with Crippen LogP contribution in [0.3, 0.4) is 0 Å². The van der Waals surface area contributed by atoms with E-state index in [0.717, 1.165) is 5.69 Å². The SMILES string of the molecule is N#Cc1cccc(-c2nc(C3CC(=O)N(c4ccccc4)C3)no2)c1. The van der Waals surface area contributed by atoms with Gasteiger partial charge < -0.3 is 9.42 Å². The lowest BCUT2D eigenvalue weighted by molar-refractivity contribution is -0.117. The minimum absolute atomic E-state index is 0.0500. The summed E-state index contributed by atoms with van der Waals surface area (Å²) in [4.78, 5) is 18.5. The van der Waals surface area contributed by atoms with Gasteiger partial charge in [-0.05, 0) is 30.3 Å². The molecule has 2 heterocycles. The van der Waals surface area contributed by atoms with Gasteiger partial charge in [0.15, 0.2) is 5.82 Å². The third-order valence-electron chi connectivity index (χ3n) is 4.24. The van der Waals surface area contributed by atoms with Gasteiger partial charge in [0.05, 0.1) is 11.6 Å². The highest BCUT2D eigenvalue weighted by molar-refractivity contribution is 5.96. The highest BCUT2D eigenvalue weighted by Gasteiger charge is 2.34. The molecular formula is C19H14N4O2. The molecule has 1 saturated heterocycles. The van der Waals surface area contributed by atoms with E-state index in [4.69, 9.17) is 9.78 Å². The smallest absolute Gasteiger partial charge is 0.257 e. The van der Waals surface area contributed by atoms with Crippen molar-refractivity contribution in [3.8, 4) is 17.5 Å². The molecule has 1 amide bonds. The number of carbonyl (C=O) groups is 1. The van der Waals surface area contributed by atoms with Gasteiger partial charge in [0.25, 0.3) is 5.89 Å². The molecule has 0 saturated carbocycles. The molecule has 1 aromatic heterocycles. The Morgan fingerprint density at radius 3 is 2.80 bits per heavy atom. The summed E-state index contributed by atoms with van der Waals surface area (Å²) in [6, 6.07) is 18.6. The summed E-state index contributed by atoms with van der Waals surface area (Å²) in [5, 5.41) is 13.0. The van der Waals surface area contributed by atoms with Crippen molar-refractivity contribution >= 4 is 11.6 Å². The first-order chi connectivity index (χ1) is 12.2. The lowest BCUT2D eigenvalue weighted by Crippen LogP contribution is -2.24. The van der Waals surface area contributed by atoms with Crippen LogP contribution in [0.5, 0.6) is 0 Å². The van der Waals surface area contributed by atoms with Crippen LogP contribution >= 0.6 is 0 Å². The average molecular weight is 330 g/mol. The molecular weight excluding hydrogens is 316 g/mol. The Bertz CT molecular complexity index is 959. The zero-order valence-corrected chi connectivity index (χ0v) is 13.3. The fraction of sp³-hybridized carbons (Fsp3) is 0.158. The first-order valence-electron chi connectivity index (χ1n) is 7.94. The normalized spacial score (nSPS) is 16.8. The number of aromatic nitrogens is 2. The molecule has 6 nitrogen and oxygen atoms in total. The van der Waals surface area contributed by atoms with Gasteiger partial charge in [-0.15, -0.1) is 0 Å². The fourth-order valence-corrected chi connectivity index (χ4v) is 2.98. The largest absolute Gasteiger partial charge is 0.334 e. The van der Waals surface area contributed by atoms with Crippen molar-refractivity contribution < 1.29 is 9.32 Å². The predicted molar refractivity (Wildman–Crippen MR) is 90.6 cm³/mol. The van der Waals surface area contributed by atoms with Gasteiger partial charge in [-0.25, -0.2) is 0 Å². The first-order valence-corrected chi connectivity index (χ1v) is 7.94. The summed E-state index contributed by atoms with van der Waals surface area (Å²) in [7, 11) is 0. The predicted octanol–water partition coefficient (Wildman–Crippen LogP) is 3.13. The van der Waals surface area contributed by atoms with Crippen LogP contribution < -0.4 is 4.90 Å². The molecule has 6 heteroatoms. The van der Waals surface area contributed by atoms with E-state index in [1.165, 1.54) is 0 Å². The highest BCUT2D eigenvalue weighted by atomic mass is 16.5. The second-order valence-electron chi connectivity index (χ2n) is 5.89. The molecule has 2 aromatic carbocycles. The standard InChI is InChI=1S/C19H14N4O2/c20-11-13-5-4-6-14(9-13)19-21-18(22-25-19)15-10-17(24)23(12-15)16-7-2-1-3-8-16/h1-9,15H,10,12H2. The second kappa shape index (κ2) is 6.21. The van der Waals surface area contributed by atoms with Crippen molar-refractivity contribution in [2.24, 2.45) is 0 Å². The number of nitriles is 1. The van der Waals surface area contributed by atoms with Gasteiger partial charge in [-0.1, -0.05) is 29.4 Å². The zero-order valence-electron chi connectivity index (χ0n) is 13.3. The first kappa shape index (κ1) is 15.1. The Morgan fingerprint density at radius 2 is 2.00 bits per heavy atom. The third-order valence-corrected chi connectivity index (χ3v) is 4.24. The Balaban J connectivity index is 1.57. The van der Waals surface area contributed by atoms with E-state index in [9.17, 15) is 4.79 Å². The molecule has 1 aliphatic rings. The summed E-state index contributed by atoms with van der Waals surface area (Å²) >= 11 is 0. The van der Waals surface area contributed by atoms with Crippen molar-refractivity contribution in [3.63, 3.8) is 0 Å². The van der Waals surface area contributed by atoms with Crippen molar-refractivity contribution in [1.29, 1.82) is 5.26 Å². The molecule has 25 heavy (non-hydrogen) atoms. The molecule has 0 radical (unpaired) electrons. The molecule has 0 spiro atoms. The molecule has 4 rings (SSSR count). The van der Waals surface area contributed by atoms with E-state index in [1.54, 1.807) is 23.1 Å². The van der Waals surface area contributed by atoms with Crippen molar-refractivity contribution in [3.05, 3.63) is 66.0 Å². The van der Waals surface area contributed by atoms with Crippen LogP contribution in [0.1, 0.15) is 23.7 Å². The van der Waals surface area contributed by atoms with Gasteiger partial charge >= 0.3 is 0 Å². The van der Waals surface area contributed by atoms with Crippen LogP contribution in [0, 0.1) is 11.3 Å². The summed E-state index contributed by atoms with van der Waals surface area (Å²) in [5.74, 6) is 0.820. The van der Waals surface area contributed by atoms with E-state index in [1.807, 2.05) is 36.4 Å². The van der Waals surface area contributed by atoms with E-state index in [2.05, 4.69) is 16.2 Å². The minimum Gasteiger partial charge on any atom is -0.334 e. The Labute approximate surface area is 144 Å². The zero-order chi connectivity index (χ0) is 17.2. The molecule has 1 unspecified atom stereocenters. The number of benzene rings is 2. The number of nitrogens with zero attached hydrogens (tertiary/aromatic N) is 4. The number of hydrogen-bond acceptors (Lipinski definition) is 5. The molecule has 1 atom stereocenters. The minimum atomic E-state index is -0.107. The van der Waals surface area contributed by atoms with Gasteiger partial charge in [0.2, 0.25) is 5.91 Å². The Kier molecular flexibility index (Phi) is 3.75. The molecule has 1 aliphatic heterocycles. The number of amides is 1. The molecule has 0 N–H and O–H groups in total. The summed E-state index contributed by atoms with van der Waals surface area (Å²) in [6.07, 6.45) is 0.353. The number of carbonyl (C=O) groups excluding carboxylic acids is 1. The fourth-order valence-electron chi connectivity index (χ4n) is 2.98. The third kappa shape index (κ3) is 2.88. The van der Waals surface area contributed by atoms with E-state index < -0.39 is 0 Å². The monoisotopic (exact) mass is 330 g/mol. The number of anilines is 1. The number of hydrogen-bond donors (Lipinski definition) is 0. The molecule has 1 fully saturated rings. The molecule has 3 aromatic rings. The highest BCUT2D eigenvalue weighted by Crippen LogP contribution is 2.31. The quantitative estimate of drug-likeness (QED) is 0.737. The lowest BCUT2D eigenvalue weighted by atomic mass is 10.1. The van der Waals surface area contributed by atoms with Gasteiger partial charge in [0, 0.05) is 30.1 Å². The number of para-hydroxylation sites is 1. The molecule has 0 aliphatic carbocycles. The van der Waals surface area contributed by atoms with Gasteiger partial charge in [-0.2, -0.15) is 10.2 Å². The van der Waals surface area contributed by atoms with Crippen molar-refractivity contribution in [1.82, 2.24) is 10.1 Å². The molecule has 122 valence electrons. The van der Waals surface area contributed by atoms with E-state index in [-0.39, 0.29) is 11.8 Å². The Hall–Kier alpha value is -3.46. The topological polar surface area (TPSA) is 83.0 Å². The maximum atomic E-state index is 12.3. The Morgan fingerprint density at radius 1 is 1.16 bits per heavy atom. The summed E-state index contributed by atoms with van der Waals surface area (Å²) in [5.41, 5.74) is 2.10.